The number of benzene rings is 2. The van der Waals surface area contributed by atoms with Crippen LogP contribution < -0.4 is 29.2 Å². The fourth-order valence-electron chi connectivity index (χ4n) is 7.89. The first-order valence-electron chi connectivity index (χ1n) is 20.0. The van der Waals surface area contributed by atoms with Crippen LogP contribution in [0.3, 0.4) is 0 Å². The van der Waals surface area contributed by atoms with Crippen molar-refractivity contribution in [2.45, 2.75) is 95.9 Å². The Kier molecular flexibility index (Phi) is 12.4. The molecule has 2 aromatic rings. The first-order valence-corrected chi connectivity index (χ1v) is 20.0. The van der Waals surface area contributed by atoms with Gasteiger partial charge in [0, 0.05) is 31.8 Å². The number of carbonyl (C=O) groups is 4. The number of amides is 4. The molecule has 3 saturated heterocycles. The predicted molar refractivity (Wildman–Crippen MR) is 211 cm³/mol. The minimum absolute atomic E-state index is 0.140. The number of nitrogens with one attached hydrogen (secondary N) is 1. The summed E-state index contributed by atoms with van der Waals surface area (Å²) in [5.74, 6) is 0.624. The molecule has 0 radical (unpaired) electrons. The summed E-state index contributed by atoms with van der Waals surface area (Å²) < 4.78 is 47.6. The number of anilines is 2. The first kappa shape index (κ1) is 41.1. The van der Waals surface area contributed by atoms with Gasteiger partial charge in [-0.1, -0.05) is 12.2 Å². The van der Waals surface area contributed by atoms with E-state index < -0.39 is 36.3 Å². The lowest BCUT2D eigenvalue weighted by Crippen LogP contribution is -2.54. The predicted octanol–water partition coefficient (Wildman–Crippen LogP) is 5.52. The zero-order valence-corrected chi connectivity index (χ0v) is 34.0. The SMILES string of the molecule is C=C1C[C@H]2[C@H](OC3CCCCO3)N(C(=O)OC(C)(C)C)c3cc(OCCCCCOc4cc5c(cc4OC)C(=O)N4CCOC[C@H]4C(=O)N5)c(OC)cc3C(=O)N2C1. The summed E-state index contributed by atoms with van der Waals surface area (Å²) in [5.41, 5.74) is 1.26. The molecule has 0 aromatic heterocycles. The molecule has 7 rings (SSSR count). The maximum Gasteiger partial charge on any atom is 0.417 e. The molecule has 4 atom stereocenters. The third-order valence-corrected chi connectivity index (χ3v) is 10.7. The molecule has 4 amide bonds. The number of ether oxygens (including phenoxy) is 8. The Bertz CT molecular complexity index is 1910. The van der Waals surface area contributed by atoms with Crippen molar-refractivity contribution in [2.24, 2.45) is 0 Å². The highest BCUT2D eigenvalue weighted by atomic mass is 16.7. The van der Waals surface area contributed by atoms with E-state index in [1.165, 1.54) is 24.0 Å². The Hall–Kier alpha value is -5.06. The summed E-state index contributed by atoms with van der Waals surface area (Å²) in [6, 6.07) is 5.27. The highest BCUT2D eigenvalue weighted by Gasteiger charge is 2.49. The number of unbranched alkanes of at least 4 members (excludes halogenated alkanes) is 2. The molecule has 1 N–H and O–H groups in total. The van der Waals surface area contributed by atoms with Gasteiger partial charge in [-0.05, 0) is 77.8 Å². The van der Waals surface area contributed by atoms with Crippen LogP contribution in [0.1, 0.15) is 86.4 Å². The van der Waals surface area contributed by atoms with Crippen molar-refractivity contribution in [3.63, 3.8) is 0 Å². The van der Waals surface area contributed by atoms with E-state index in [4.69, 9.17) is 37.9 Å². The van der Waals surface area contributed by atoms with Gasteiger partial charge in [-0.25, -0.2) is 9.69 Å². The van der Waals surface area contributed by atoms with Crippen molar-refractivity contribution in [3.05, 3.63) is 47.5 Å². The molecule has 0 saturated carbocycles. The number of carbonyl (C=O) groups excluding carboxylic acids is 4. The summed E-state index contributed by atoms with van der Waals surface area (Å²) in [6.45, 7) is 11.9. The van der Waals surface area contributed by atoms with Crippen molar-refractivity contribution >= 4 is 35.2 Å². The summed E-state index contributed by atoms with van der Waals surface area (Å²) in [4.78, 5) is 59.4. The lowest BCUT2D eigenvalue weighted by Gasteiger charge is -2.39. The molecule has 58 heavy (non-hydrogen) atoms. The van der Waals surface area contributed by atoms with Crippen LogP contribution >= 0.6 is 0 Å². The summed E-state index contributed by atoms with van der Waals surface area (Å²) in [6.07, 6.45) is 2.84. The van der Waals surface area contributed by atoms with Crippen LogP contribution in [0.4, 0.5) is 16.2 Å². The second-order valence-corrected chi connectivity index (χ2v) is 16.0. The molecule has 0 bridgehead atoms. The van der Waals surface area contributed by atoms with Gasteiger partial charge in [0.25, 0.3) is 11.8 Å². The maximum absolute atomic E-state index is 14.3. The van der Waals surface area contributed by atoms with Crippen molar-refractivity contribution < 1.29 is 57.1 Å². The Labute approximate surface area is 338 Å². The zero-order chi connectivity index (χ0) is 41.1. The van der Waals surface area contributed by atoms with E-state index in [-0.39, 0.29) is 29.9 Å². The van der Waals surface area contributed by atoms with Crippen LogP contribution in [-0.4, -0.2) is 124 Å². The third-order valence-electron chi connectivity index (χ3n) is 10.7. The van der Waals surface area contributed by atoms with E-state index in [0.717, 1.165) is 24.8 Å². The van der Waals surface area contributed by atoms with E-state index in [9.17, 15) is 19.2 Å². The lowest BCUT2D eigenvalue weighted by atomic mass is 10.1. The summed E-state index contributed by atoms with van der Waals surface area (Å²) in [7, 11) is 3.00. The lowest BCUT2D eigenvalue weighted by molar-refractivity contribution is -0.195. The van der Waals surface area contributed by atoms with Gasteiger partial charge in [-0.15, -0.1) is 0 Å². The maximum atomic E-state index is 14.3. The van der Waals surface area contributed by atoms with E-state index >= 15 is 0 Å². The molecular weight excluding hydrogens is 752 g/mol. The molecule has 16 nitrogen and oxygen atoms in total. The molecule has 1 unspecified atom stereocenters. The standard InChI is InChI=1S/C42H54N4O12/c1-25-18-30-40(57-36-12-8-11-16-56-36)46(41(50)58-42(2,3)4)29-22-35(33(52-6)20-27(29)39(49)45(30)23-25)55-15-10-7-9-14-54-34-21-28-26(19-32(34)51-5)38(48)44-13-17-53-24-31(44)37(47)43-28/h19-22,30-31,36,40H,1,7-18,23-24H2,2-6H3,(H,43,47)/t30-,31-,36?,40-/m0/s1. The Morgan fingerprint density at radius 1 is 0.879 bits per heavy atom. The van der Waals surface area contributed by atoms with Crippen LogP contribution in [-0.2, 0) is 23.7 Å². The molecule has 3 fully saturated rings. The van der Waals surface area contributed by atoms with Crippen molar-refractivity contribution in [1.29, 1.82) is 0 Å². The number of nitrogens with zero attached hydrogens (tertiary/aromatic N) is 3. The fraction of sp³-hybridized carbons (Fsp3) is 0.571. The molecule has 16 heteroatoms. The van der Waals surface area contributed by atoms with Crippen molar-refractivity contribution in [1.82, 2.24) is 9.80 Å². The van der Waals surface area contributed by atoms with Gasteiger partial charge in [0.05, 0.1) is 69.2 Å². The monoisotopic (exact) mass is 806 g/mol. The number of rotatable bonds is 12. The van der Waals surface area contributed by atoms with E-state index in [1.807, 2.05) is 0 Å². The third kappa shape index (κ3) is 8.69. The molecule has 5 aliphatic rings. The topological polar surface area (TPSA) is 164 Å². The number of morpholine rings is 1. The van der Waals surface area contributed by atoms with Crippen LogP contribution in [0.25, 0.3) is 0 Å². The largest absolute Gasteiger partial charge is 0.493 e. The Balaban J connectivity index is 1.04. The van der Waals surface area contributed by atoms with Gasteiger partial charge in [0.1, 0.15) is 11.6 Å². The number of hydrogen-bond acceptors (Lipinski definition) is 12. The average Bonchev–Trinajstić information content (AvgIpc) is 3.52. The van der Waals surface area contributed by atoms with Crippen molar-refractivity contribution in [2.75, 3.05) is 70.6 Å². The Morgan fingerprint density at radius 3 is 2.24 bits per heavy atom. The molecule has 0 aliphatic carbocycles. The second-order valence-electron chi connectivity index (χ2n) is 16.0. The van der Waals surface area contributed by atoms with E-state index in [0.29, 0.717) is 105 Å². The summed E-state index contributed by atoms with van der Waals surface area (Å²) in [5, 5.41) is 2.85. The zero-order valence-electron chi connectivity index (χ0n) is 34.0. The van der Waals surface area contributed by atoms with Crippen LogP contribution in [0.5, 0.6) is 23.0 Å². The normalized spacial score (nSPS) is 23.2. The van der Waals surface area contributed by atoms with Gasteiger partial charge in [0.2, 0.25) is 5.91 Å². The molecule has 0 spiro atoms. The Morgan fingerprint density at radius 2 is 1.57 bits per heavy atom. The minimum Gasteiger partial charge on any atom is -0.493 e. The van der Waals surface area contributed by atoms with Crippen LogP contribution in [0, 0.1) is 0 Å². The average molecular weight is 807 g/mol. The highest BCUT2D eigenvalue weighted by Crippen LogP contribution is 2.44. The molecular formula is C42H54N4O12. The molecule has 2 aromatic carbocycles. The smallest absolute Gasteiger partial charge is 0.417 e. The van der Waals surface area contributed by atoms with Gasteiger partial charge < -0.3 is 53.0 Å². The number of fused-ring (bicyclic) bond motifs is 4. The van der Waals surface area contributed by atoms with E-state index in [1.54, 1.807) is 49.9 Å². The van der Waals surface area contributed by atoms with Gasteiger partial charge >= 0.3 is 6.09 Å². The van der Waals surface area contributed by atoms with Gasteiger partial charge in [-0.2, -0.15) is 0 Å². The molecule has 5 aliphatic heterocycles. The minimum atomic E-state index is -0.921. The van der Waals surface area contributed by atoms with Gasteiger partial charge in [0.15, 0.2) is 35.5 Å². The van der Waals surface area contributed by atoms with Gasteiger partial charge in [-0.3, -0.25) is 14.4 Å². The molecule has 314 valence electrons. The fourth-order valence-corrected chi connectivity index (χ4v) is 7.89. The first-order chi connectivity index (χ1) is 27.9. The number of hydrogen-bond donors (Lipinski definition) is 1. The van der Waals surface area contributed by atoms with Crippen LogP contribution in [0.15, 0.2) is 36.4 Å². The highest BCUT2D eigenvalue weighted by molar-refractivity contribution is 6.10. The van der Waals surface area contributed by atoms with E-state index in [2.05, 4.69) is 11.9 Å². The second kappa shape index (κ2) is 17.4. The van der Waals surface area contributed by atoms with Crippen LogP contribution in [0.2, 0.25) is 0 Å². The summed E-state index contributed by atoms with van der Waals surface area (Å²) >= 11 is 0. The number of methoxy groups -OCH3 is 2. The molecule has 5 heterocycles. The quantitative estimate of drug-likeness (QED) is 0.211. The van der Waals surface area contributed by atoms with Crippen molar-refractivity contribution in [3.8, 4) is 23.0 Å².